The standard InChI is InChI=1S/C23H27NO5/c1-24-10-9-22-17-13-5-6-15(26-2)18(17)29-20(22)23(28-4)8-7-21(22,16(24)11-13)12-14(23)19(25)27-3/h5-8,14,16,20H,9-12H2,1-4H3/t14-,16-,20-,21-,22+,23-/m1/s1. The lowest BCUT2D eigenvalue weighted by Crippen LogP contribution is -2.79. The first-order valence-corrected chi connectivity index (χ1v) is 10.4. The van der Waals surface area contributed by atoms with Gasteiger partial charge in [0.05, 0.1) is 25.6 Å². The van der Waals surface area contributed by atoms with Crippen LogP contribution >= 0.6 is 0 Å². The molecule has 7 rings (SSSR count). The molecule has 0 amide bonds. The highest BCUT2D eigenvalue weighted by molar-refractivity contribution is 5.78. The number of hydrogen-bond donors (Lipinski definition) is 0. The largest absolute Gasteiger partial charge is 0.493 e. The smallest absolute Gasteiger partial charge is 0.312 e. The Morgan fingerprint density at radius 1 is 1.24 bits per heavy atom. The van der Waals surface area contributed by atoms with Gasteiger partial charge in [-0.05, 0) is 44.5 Å². The highest BCUT2D eigenvalue weighted by Crippen LogP contribution is 2.74. The number of benzene rings is 1. The number of piperidine rings is 1. The lowest BCUT2D eigenvalue weighted by molar-refractivity contribution is -0.221. The lowest BCUT2D eigenvalue weighted by Gasteiger charge is -2.70. The average molecular weight is 397 g/mol. The predicted octanol–water partition coefficient (Wildman–Crippen LogP) is 2.09. The summed E-state index contributed by atoms with van der Waals surface area (Å²) in [5.74, 6) is 0.998. The van der Waals surface area contributed by atoms with Crippen LogP contribution in [0.3, 0.4) is 0 Å². The zero-order valence-electron chi connectivity index (χ0n) is 17.4. The summed E-state index contributed by atoms with van der Waals surface area (Å²) in [6.45, 7) is 0.999. The van der Waals surface area contributed by atoms with Gasteiger partial charge in [-0.3, -0.25) is 4.79 Å². The van der Waals surface area contributed by atoms with Gasteiger partial charge in [0.2, 0.25) is 0 Å². The summed E-state index contributed by atoms with van der Waals surface area (Å²) in [6, 6.07) is 4.53. The minimum absolute atomic E-state index is 0.186. The third-order valence-electron chi connectivity index (χ3n) is 8.76. The van der Waals surface area contributed by atoms with E-state index in [0.29, 0.717) is 6.04 Å². The second-order valence-corrected chi connectivity index (χ2v) is 9.26. The average Bonchev–Trinajstić information content (AvgIpc) is 3.12. The molecular weight excluding hydrogens is 370 g/mol. The molecule has 2 heterocycles. The summed E-state index contributed by atoms with van der Waals surface area (Å²) >= 11 is 0. The number of likely N-dealkylation sites (tertiary alicyclic amines) is 1. The van der Waals surface area contributed by atoms with Gasteiger partial charge in [-0.15, -0.1) is 0 Å². The molecule has 2 fully saturated rings. The van der Waals surface area contributed by atoms with Crippen LogP contribution in [0.25, 0.3) is 0 Å². The quantitative estimate of drug-likeness (QED) is 0.575. The summed E-state index contributed by atoms with van der Waals surface area (Å²) in [7, 11) is 7.05. The number of fused-ring (bicyclic) bond motifs is 1. The summed E-state index contributed by atoms with van der Waals surface area (Å²) < 4.78 is 23.9. The molecule has 0 unspecified atom stereocenters. The van der Waals surface area contributed by atoms with Gasteiger partial charge < -0.3 is 23.8 Å². The maximum Gasteiger partial charge on any atom is 0.312 e. The molecule has 6 heteroatoms. The van der Waals surface area contributed by atoms with Gasteiger partial charge in [-0.25, -0.2) is 0 Å². The highest BCUT2D eigenvalue weighted by Gasteiger charge is 2.80. The monoisotopic (exact) mass is 397 g/mol. The Labute approximate surface area is 170 Å². The normalized spacial score (nSPS) is 43.0. The first-order valence-electron chi connectivity index (χ1n) is 10.4. The zero-order valence-corrected chi connectivity index (χ0v) is 17.4. The Balaban J connectivity index is 1.69. The molecule has 1 aromatic carbocycles. The molecule has 0 radical (unpaired) electrons. The summed E-state index contributed by atoms with van der Waals surface area (Å²) in [4.78, 5) is 15.4. The fourth-order valence-corrected chi connectivity index (χ4v) is 7.61. The van der Waals surface area contributed by atoms with Gasteiger partial charge in [0.25, 0.3) is 0 Å². The van der Waals surface area contributed by atoms with Crippen LogP contribution < -0.4 is 9.47 Å². The first kappa shape index (κ1) is 17.8. The predicted molar refractivity (Wildman–Crippen MR) is 105 cm³/mol. The summed E-state index contributed by atoms with van der Waals surface area (Å²) in [5.41, 5.74) is 1.40. The van der Waals surface area contributed by atoms with Crippen LogP contribution in [0.2, 0.25) is 0 Å². The van der Waals surface area contributed by atoms with Crippen molar-refractivity contribution in [3.8, 4) is 11.5 Å². The molecule has 6 atom stereocenters. The van der Waals surface area contributed by atoms with Gasteiger partial charge in [-0.2, -0.15) is 0 Å². The van der Waals surface area contributed by atoms with Gasteiger partial charge in [0, 0.05) is 24.1 Å². The fourth-order valence-electron chi connectivity index (χ4n) is 7.61. The van der Waals surface area contributed by atoms with E-state index < -0.39 is 11.5 Å². The Bertz CT molecular complexity index is 959. The summed E-state index contributed by atoms with van der Waals surface area (Å²) in [5, 5.41) is 0. The molecule has 6 nitrogen and oxygen atoms in total. The van der Waals surface area contributed by atoms with E-state index in [1.54, 1.807) is 14.2 Å². The Morgan fingerprint density at radius 2 is 2.07 bits per heavy atom. The van der Waals surface area contributed by atoms with Gasteiger partial charge in [0.1, 0.15) is 11.7 Å². The SMILES string of the molecule is COC(=O)[C@H]1C[C@@]23C=C[C@]1(OC)[C@@H]1Oc4c(OC)ccc5c4[C@@]12CCN(C)[C@@H]3C5. The van der Waals surface area contributed by atoms with Gasteiger partial charge >= 0.3 is 5.97 Å². The van der Waals surface area contributed by atoms with E-state index in [1.165, 1.54) is 18.2 Å². The van der Waals surface area contributed by atoms with Crippen molar-refractivity contribution in [1.82, 2.24) is 4.90 Å². The molecular formula is C23H27NO5. The minimum Gasteiger partial charge on any atom is -0.493 e. The number of esters is 1. The van der Waals surface area contributed by atoms with Crippen LogP contribution in [0.4, 0.5) is 0 Å². The van der Waals surface area contributed by atoms with Crippen molar-refractivity contribution in [2.24, 2.45) is 11.3 Å². The van der Waals surface area contributed by atoms with Crippen LogP contribution in [-0.2, 0) is 26.1 Å². The van der Waals surface area contributed by atoms with E-state index in [-0.39, 0.29) is 22.9 Å². The first-order chi connectivity index (χ1) is 14.0. The van der Waals surface area contributed by atoms with Crippen LogP contribution in [0.5, 0.6) is 11.5 Å². The Kier molecular flexibility index (Phi) is 3.28. The van der Waals surface area contributed by atoms with Crippen molar-refractivity contribution >= 4 is 5.97 Å². The van der Waals surface area contributed by atoms with Crippen molar-refractivity contribution in [2.75, 3.05) is 34.9 Å². The second kappa shape index (κ2) is 5.35. The molecule has 29 heavy (non-hydrogen) atoms. The Hall–Kier alpha value is -2.05. The number of likely N-dealkylation sites (N-methyl/N-ethyl adjacent to an activating group) is 1. The molecule has 2 aliphatic heterocycles. The molecule has 0 aromatic heterocycles. The van der Waals surface area contributed by atoms with Crippen molar-refractivity contribution in [2.45, 2.75) is 42.4 Å². The van der Waals surface area contributed by atoms with E-state index >= 15 is 0 Å². The van der Waals surface area contributed by atoms with Crippen molar-refractivity contribution < 1.29 is 23.7 Å². The zero-order chi connectivity index (χ0) is 20.2. The van der Waals surface area contributed by atoms with E-state index in [2.05, 4.69) is 30.2 Å². The third-order valence-corrected chi connectivity index (χ3v) is 8.76. The van der Waals surface area contributed by atoms with E-state index in [0.717, 1.165) is 37.3 Å². The van der Waals surface area contributed by atoms with Crippen molar-refractivity contribution in [3.63, 3.8) is 0 Å². The van der Waals surface area contributed by atoms with Crippen LogP contribution in [0.15, 0.2) is 24.3 Å². The molecule has 4 aliphatic carbocycles. The molecule has 154 valence electrons. The summed E-state index contributed by atoms with van der Waals surface area (Å²) in [6.07, 6.45) is 6.82. The number of methoxy groups -OCH3 is 3. The second-order valence-electron chi connectivity index (χ2n) is 9.26. The molecule has 0 N–H and O–H groups in total. The number of nitrogens with zero attached hydrogens (tertiary/aromatic N) is 1. The third kappa shape index (κ3) is 1.65. The lowest BCUT2D eigenvalue weighted by atomic mass is 9.37. The number of rotatable bonds is 3. The van der Waals surface area contributed by atoms with Crippen molar-refractivity contribution in [1.29, 1.82) is 0 Å². The van der Waals surface area contributed by atoms with Gasteiger partial charge in [-0.1, -0.05) is 18.2 Å². The molecule has 1 aromatic rings. The highest BCUT2D eigenvalue weighted by atomic mass is 16.6. The van der Waals surface area contributed by atoms with E-state index in [4.69, 9.17) is 18.9 Å². The number of ether oxygens (including phenoxy) is 4. The molecule has 1 saturated heterocycles. The molecule has 6 aliphatic rings. The van der Waals surface area contributed by atoms with Crippen molar-refractivity contribution in [3.05, 3.63) is 35.4 Å². The van der Waals surface area contributed by atoms with Crippen LogP contribution in [0, 0.1) is 11.3 Å². The topological polar surface area (TPSA) is 57.2 Å². The molecule has 1 saturated carbocycles. The minimum atomic E-state index is -0.839. The maximum atomic E-state index is 12.9. The van der Waals surface area contributed by atoms with Crippen LogP contribution in [0.1, 0.15) is 24.0 Å². The van der Waals surface area contributed by atoms with Crippen LogP contribution in [-0.4, -0.2) is 63.5 Å². The van der Waals surface area contributed by atoms with E-state index in [1.807, 2.05) is 6.07 Å². The number of hydrogen-bond acceptors (Lipinski definition) is 6. The Morgan fingerprint density at radius 3 is 2.79 bits per heavy atom. The fraction of sp³-hybridized carbons (Fsp3) is 0.609. The number of carbonyl (C=O) groups is 1. The van der Waals surface area contributed by atoms with Gasteiger partial charge in [0.15, 0.2) is 11.5 Å². The maximum absolute atomic E-state index is 12.9. The molecule has 2 spiro atoms. The number of carbonyl (C=O) groups excluding carboxylic acids is 1. The van der Waals surface area contributed by atoms with E-state index in [9.17, 15) is 4.79 Å². The molecule has 4 bridgehead atoms.